The third-order valence-electron chi connectivity index (χ3n) is 4.30. The maximum Gasteiger partial charge on any atom is 0.305 e. The van der Waals surface area contributed by atoms with Crippen molar-refractivity contribution in [3.05, 3.63) is 0 Å². The fraction of sp³-hybridized carbons (Fsp3) is 0.810. The molecule has 0 saturated carbocycles. The number of aliphatic hydroxyl groups is 1. The van der Waals surface area contributed by atoms with E-state index >= 15 is 0 Å². The molecule has 0 aliphatic carbocycles. The lowest BCUT2D eigenvalue weighted by molar-refractivity contribution is -0.170. The van der Waals surface area contributed by atoms with E-state index in [2.05, 4.69) is 0 Å². The van der Waals surface area contributed by atoms with Gasteiger partial charge in [-0.1, -0.05) is 39.5 Å². The molecule has 0 saturated heterocycles. The number of carbonyl (C=O) groups is 4. The number of esters is 2. The predicted molar refractivity (Wildman–Crippen MR) is 108 cm³/mol. The topological polar surface area (TPSA) is 125 Å². The van der Waals surface area contributed by atoms with Crippen molar-refractivity contribution >= 4 is 24.2 Å². The number of Topliss-reactive ketones (excluding diaryl/α,β-unsaturated/α-hetero) is 1. The first-order valence-corrected chi connectivity index (χ1v) is 10.6. The van der Waals surface area contributed by atoms with E-state index in [1.54, 1.807) is 0 Å². The van der Waals surface area contributed by atoms with Gasteiger partial charge in [0.1, 0.15) is 6.61 Å². The van der Waals surface area contributed by atoms with Crippen molar-refractivity contribution in [3.8, 4) is 0 Å². The first kappa shape index (κ1) is 28.0. The molecule has 30 heavy (non-hydrogen) atoms. The minimum absolute atomic E-state index is 0.196. The molecule has 0 bridgehead atoms. The van der Waals surface area contributed by atoms with Gasteiger partial charge in [0.15, 0.2) is 24.1 Å². The summed E-state index contributed by atoms with van der Waals surface area (Å²) in [6, 6.07) is 0. The Hall–Kier alpha value is -2.00. The summed E-state index contributed by atoms with van der Waals surface area (Å²) in [5.74, 6) is -1.40. The lowest BCUT2D eigenvalue weighted by Crippen LogP contribution is -2.43. The van der Waals surface area contributed by atoms with Crippen molar-refractivity contribution in [2.75, 3.05) is 19.8 Å². The van der Waals surface area contributed by atoms with Crippen LogP contribution in [0.25, 0.3) is 0 Å². The molecule has 0 rings (SSSR count). The standard InChI is InChI=1S/C21H36O9/c1-4-6-8-10-18(25)21(19(12-22)30-16(3)24)28-14-17(29-15-23)13-27-20(26)11-9-7-5-2/h15,17,19,21-22H,4-14H2,1-3H3. The average Bonchev–Trinajstić information content (AvgIpc) is 2.71. The average molecular weight is 433 g/mol. The largest absolute Gasteiger partial charge is 0.462 e. The fourth-order valence-corrected chi connectivity index (χ4v) is 2.70. The van der Waals surface area contributed by atoms with Crippen LogP contribution in [0.2, 0.25) is 0 Å². The summed E-state index contributed by atoms with van der Waals surface area (Å²) in [5, 5.41) is 9.55. The van der Waals surface area contributed by atoms with Crippen LogP contribution in [-0.4, -0.2) is 67.4 Å². The summed E-state index contributed by atoms with van der Waals surface area (Å²) < 4.78 is 20.6. The number of hydrogen-bond donors (Lipinski definition) is 1. The maximum absolute atomic E-state index is 12.6. The molecule has 3 unspecified atom stereocenters. The molecular formula is C21H36O9. The molecule has 0 radical (unpaired) electrons. The second-order valence-corrected chi connectivity index (χ2v) is 7.00. The van der Waals surface area contributed by atoms with Crippen molar-refractivity contribution in [2.24, 2.45) is 0 Å². The van der Waals surface area contributed by atoms with Gasteiger partial charge in [0.25, 0.3) is 6.47 Å². The number of unbranched alkanes of at least 4 members (excludes halogenated alkanes) is 4. The Kier molecular flexibility index (Phi) is 16.6. The van der Waals surface area contributed by atoms with Crippen LogP contribution < -0.4 is 0 Å². The Labute approximate surface area is 178 Å². The third-order valence-corrected chi connectivity index (χ3v) is 4.30. The van der Waals surface area contributed by atoms with Crippen LogP contribution in [0.4, 0.5) is 0 Å². The Bertz CT molecular complexity index is 507. The van der Waals surface area contributed by atoms with Gasteiger partial charge in [-0.3, -0.25) is 19.2 Å². The summed E-state index contributed by atoms with van der Waals surface area (Å²) in [5.41, 5.74) is 0. The van der Waals surface area contributed by atoms with E-state index in [-0.39, 0.29) is 38.3 Å². The Morgan fingerprint density at radius 2 is 1.60 bits per heavy atom. The Balaban J connectivity index is 4.91. The third kappa shape index (κ3) is 13.3. The highest BCUT2D eigenvalue weighted by atomic mass is 16.6. The highest BCUT2D eigenvalue weighted by Crippen LogP contribution is 2.13. The number of rotatable bonds is 19. The van der Waals surface area contributed by atoms with Crippen molar-refractivity contribution in [1.82, 2.24) is 0 Å². The molecule has 0 aromatic heterocycles. The molecule has 0 amide bonds. The minimum atomic E-state index is -1.21. The molecule has 0 heterocycles. The normalized spacial score (nSPS) is 13.7. The molecule has 0 fully saturated rings. The van der Waals surface area contributed by atoms with E-state index < -0.39 is 36.9 Å². The van der Waals surface area contributed by atoms with Crippen LogP contribution in [0.3, 0.4) is 0 Å². The highest BCUT2D eigenvalue weighted by Gasteiger charge is 2.32. The van der Waals surface area contributed by atoms with Crippen molar-refractivity contribution < 1.29 is 43.2 Å². The summed E-state index contributed by atoms with van der Waals surface area (Å²) in [4.78, 5) is 46.4. The van der Waals surface area contributed by atoms with E-state index in [4.69, 9.17) is 18.9 Å². The SMILES string of the molecule is CCCCCC(=O)OCC(COC(C(=O)CCCCC)C(CO)OC(C)=O)OC=O. The zero-order valence-electron chi connectivity index (χ0n) is 18.3. The molecule has 0 aromatic carbocycles. The van der Waals surface area contributed by atoms with E-state index in [1.807, 2.05) is 13.8 Å². The van der Waals surface area contributed by atoms with Crippen LogP contribution in [-0.2, 0) is 38.1 Å². The summed E-state index contributed by atoms with van der Waals surface area (Å²) in [6.45, 7) is 4.30. The van der Waals surface area contributed by atoms with Gasteiger partial charge in [0.2, 0.25) is 0 Å². The van der Waals surface area contributed by atoms with Gasteiger partial charge in [0, 0.05) is 19.8 Å². The summed E-state index contributed by atoms with van der Waals surface area (Å²) in [6.07, 6.45) is 2.14. The van der Waals surface area contributed by atoms with Crippen LogP contribution in [0.1, 0.15) is 72.1 Å². The summed E-state index contributed by atoms with van der Waals surface area (Å²) in [7, 11) is 0. The molecule has 0 aliphatic rings. The number of hydrogen-bond acceptors (Lipinski definition) is 9. The molecule has 1 N–H and O–H groups in total. The van der Waals surface area contributed by atoms with E-state index in [9.17, 15) is 24.3 Å². The molecule has 0 spiro atoms. The van der Waals surface area contributed by atoms with Gasteiger partial charge in [-0.15, -0.1) is 0 Å². The molecule has 174 valence electrons. The Morgan fingerprint density at radius 1 is 0.967 bits per heavy atom. The van der Waals surface area contributed by atoms with Gasteiger partial charge in [0.05, 0.1) is 13.2 Å². The molecule has 9 heteroatoms. The number of carbonyl (C=O) groups excluding carboxylic acids is 4. The van der Waals surface area contributed by atoms with Gasteiger partial charge >= 0.3 is 11.9 Å². The molecule has 0 aliphatic heterocycles. The van der Waals surface area contributed by atoms with Crippen LogP contribution >= 0.6 is 0 Å². The molecule has 9 nitrogen and oxygen atoms in total. The van der Waals surface area contributed by atoms with Gasteiger partial charge < -0.3 is 24.1 Å². The molecule has 3 atom stereocenters. The summed E-state index contributed by atoms with van der Waals surface area (Å²) >= 11 is 0. The number of ketones is 1. The lowest BCUT2D eigenvalue weighted by atomic mass is 10.0. The number of aliphatic hydroxyl groups excluding tert-OH is 1. The van der Waals surface area contributed by atoms with Gasteiger partial charge in [-0.2, -0.15) is 0 Å². The first-order valence-electron chi connectivity index (χ1n) is 10.6. The van der Waals surface area contributed by atoms with Crippen LogP contribution in [0.5, 0.6) is 0 Å². The zero-order chi connectivity index (χ0) is 22.8. The molecule has 0 aromatic rings. The minimum Gasteiger partial charge on any atom is -0.462 e. The van der Waals surface area contributed by atoms with Gasteiger partial charge in [-0.05, 0) is 12.8 Å². The second kappa shape index (κ2) is 17.8. The van der Waals surface area contributed by atoms with Crippen molar-refractivity contribution in [2.45, 2.75) is 90.4 Å². The lowest BCUT2D eigenvalue weighted by Gasteiger charge is -2.26. The maximum atomic E-state index is 12.6. The van der Waals surface area contributed by atoms with Crippen molar-refractivity contribution in [3.63, 3.8) is 0 Å². The monoisotopic (exact) mass is 432 g/mol. The zero-order valence-corrected chi connectivity index (χ0v) is 18.3. The van der Waals surface area contributed by atoms with Gasteiger partial charge in [-0.25, -0.2) is 0 Å². The highest BCUT2D eigenvalue weighted by molar-refractivity contribution is 5.84. The van der Waals surface area contributed by atoms with E-state index in [0.717, 1.165) is 32.6 Å². The number of ether oxygens (including phenoxy) is 4. The quantitative estimate of drug-likeness (QED) is 0.141. The van der Waals surface area contributed by atoms with E-state index in [1.165, 1.54) is 0 Å². The van der Waals surface area contributed by atoms with E-state index in [0.29, 0.717) is 12.8 Å². The predicted octanol–water partition coefficient (Wildman–Crippen LogP) is 2.11. The van der Waals surface area contributed by atoms with Crippen LogP contribution in [0.15, 0.2) is 0 Å². The first-order chi connectivity index (χ1) is 14.4. The van der Waals surface area contributed by atoms with Crippen molar-refractivity contribution in [1.29, 1.82) is 0 Å². The van der Waals surface area contributed by atoms with Crippen LogP contribution in [0, 0.1) is 0 Å². The second-order valence-electron chi connectivity index (χ2n) is 7.00. The fourth-order valence-electron chi connectivity index (χ4n) is 2.70. The smallest absolute Gasteiger partial charge is 0.305 e. The molecular weight excluding hydrogens is 396 g/mol. The Morgan fingerprint density at radius 3 is 2.13 bits per heavy atom.